The average molecular weight is 287 g/mol. The Hall–Kier alpha value is -0.650. The minimum absolute atomic E-state index is 0.0688. The van der Waals surface area contributed by atoms with Gasteiger partial charge in [-0.05, 0) is 52.9 Å². The van der Waals surface area contributed by atoms with Crippen molar-refractivity contribution in [1.29, 1.82) is 0 Å². The van der Waals surface area contributed by atoms with E-state index in [0.717, 1.165) is 0 Å². The number of ether oxygens (including phenoxy) is 1. The lowest BCUT2D eigenvalue weighted by Crippen LogP contribution is -2.51. The maximum Gasteiger partial charge on any atom is 0.308 e. The number of β-amino-alcohol motifs (C(OH)–C–C–N with tert-alkyl or cyclic N) is 1. The predicted octanol–water partition coefficient (Wildman–Crippen LogP) is 1.22. The average Bonchev–Trinajstić information content (AvgIpc) is 2.38. The lowest BCUT2D eigenvalue weighted by molar-refractivity contribution is -0.151. The van der Waals surface area contributed by atoms with Crippen LogP contribution in [0.25, 0.3) is 0 Å². The summed E-state index contributed by atoms with van der Waals surface area (Å²) in [6.07, 6.45) is 3.22. The van der Waals surface area contributed by atoms with Gasteiger partial charge in [-0.3, -0.25) is 4.79 Å². The number of carbonyl (C=O) groups excluding carboxylic acids is 1. The van der Waals surface area contributed by atoms with E-state index in [-0.39, 0.29) is 24.0 Å². The number of aliphatic hydroxyl groups is 2. The molecular formula is C15H29NO4. The molecule has 0 amide bonds. The second kappa shape index (κ2) is 7.38. The monoisotopic (exact) mass is 287 g/mol. The van der Waals surface area contributed by atoms with E-state index >= 15 is 0 Å². The van der Waals surface area contributed by atoms with E-state index < -0.39 is 5.60 Å². The van der Waals surface area contributed by atoms with Crippen molar-refractivity contribution in [2.24, 2.45) is 5.92 Å². The summed E-state index contributed by atoms with van der Waals surface area (Å²) >= 11 is 0. The fraction of sp³-hybridized carbons (Fsp3) is 0.933. The Morgan fingerprint density at radius 3 is 2.50 bits per heavy atom. The zero-order valence-electron chi connectivity index (χ0n) is 12.9. The lowest BCUT2D eigenvalue weighted by Gasteiger charge is -2.38. The zero-order valence-corrected chi connectivity index (χ0v) is 12.9. The topological polar surface area (TPSA) is 78.8 Å². The number of hydrogen-bond donors (Lipinski definition) is 3. The van der Waals surface area contributed by atoms with Crippen molar-refractivity contribution in [3.63, 3.8) is 0 Å². The molecule has 1 saturated carbocycles. The van der Waals surface area contributed by atoms with Crippen molar-refractivity contribution in [3.8, 4) is 0 Å². The molecule has 0 unspecified atom stereocenters. The van der Waals surface area contributed by atoms with Crippen molar-refractivity contribution in [2.45, 2.75) is 64.0 Å². The minimum Gasteiger partial charge on any atom is -0.466 e. The summed E-state index contributed by atoms with van der Waals surface area (Å²) in [6.45, 7) is 6.87. The Morgan fingerprint density at radius 2 is 2.00 bits per heavy atom. The van der Waals surface area contributed by atoms with Crippen LogP contribution in [0.15, 0.2) is 0 Å². The molecule has 20 heavy (non-hydrogen) atoms. The smallest absolute Gasteiger partial charge is 0.308 e. The van der Waals surface area contributed by atoms with E-state index in [1.807, 2.05) is 20.8 Å². The molecule has 1 aliphatic rings. The molecule has 5 heteroatoms. The van der Waals surface area contributed by atoms with E-state index in [1.54, 1.807) is 0 Å². The number of nitrogens with one attached hydrogen (secondary N) is 1. The van der Waals surface area contributed by atoms with Gasteiger partial charge in [-0.15, -0.1) is 0 Å². The summed E-state index contributed by atoms with van der Waals surface area (Å²) in [5, 5.41) is 22.9. The van der Waals surface area contributed by atoms with Crippen molar-refractivity contribution in [1.82, 2.24) is 5.32 Å². The highest BCUT2D eigenvalue weighted by molar-refractivity contribution is 5.72. The Labute approximate surface area is 121 Å². The largest absolute Gasteiger partial charge is 0.466 e. The predicted molar refractivity (Wildman–Crippen MR) is 77.3 cm³/mol. The van der Waals surface area contributed by atoms with Gasteiger partial charge >= 0.3 is 5.97 Å². The van der Waals surface area contributed by atoms with E-state index in [4.69, 9.17) is 9.84 Å². The molecule has 0 aromatic heterocycles. The van der Waals surface area contributed by atoms with Gasteiger partial charge in [0.15, 0.2) is 0 Å². The first-order valence-corrected chi connectivity index (χ1v) is 7.57. The molecule has 1 rings (SSSR count). The van der Waals surface area contributed by atoms with Crippen molar-refractivity contribution < 1.29 is 19.7 Å². The number of rotatable bonds is 7. The van der Waals surface area contributed by atoms with Crippen LogP contribution < -0.4 is 5.32 Å². The van der Waals surface area contributed by atoms with Crippen LogP contribution in [-0.4, -0.2) is 47.1 Å². The Balaban J connectivity index is 2.40. The van der Waals surface area contributed by atoms with Gasteiger partial charge in [0.05, 0.1) is 18.1 Å². The van der Waals surface area contributed by atoms with Crippen LogP contribution in [0, 0.1) is 5.92 Å². The van der Waals surface area contributed by atoms with Crippen molar-refractivity contribution in [3.05, 3.63) is 0 Å². The molecular weight excluding hydrogens is 258 g/mol. The summed E-state index contributed by atoms with van der Waals surface area (Å²) < 4.78 is 5.03. The molecule has 0 aromatic carbocycles. The molecule has 0 aromatic rings. The van der Waals surface area contributed by atoms with Crippen LogP contribution >= 0.6 is 0 Å². The van der Waals surface area contributed by atoms with Crippen LogP contribution in [0.1, 0.15) is 52.9 Å². The summed E-state index contributed by atoms with van der Waals surface area (Å²) in [6, 6.07) is 0. The summed E-state index contributed by atoms with van der Waals surface area (Å²) in [4.78, 5) is 11.7. The lowest BCUT2D eigenvalue weighted by atomic mass is 9.78. The van der Waals surface area contributed by atoms with Gasteiger partial charge in [-0.25, -0.2) is 0 Å². The van der Waals surface area contributed by atoms with Gasteiger partial charge in [0.2, 0.25) is 0 Å². The van der Waals surface area contributed by atoms with Gasteiger partial charge in [0.1, 0.15) is 0 Å². The van der Waals surface area contributed by atoms with Crippen LogP contribution in [-0.2, 0) is 9.53 Å². The van der Waals surface area contributed by atoms with Crippen LogP contribution in [0.3, 0.4) is 0 Å². The summed E-state index contributed by atoms with van der Waals surface area (Å²) in [7, 11) is 0. The third-order valence-electron chi connectivity index (χ3n) is 4.17. The van der Waals surface area contributed by atoms with Crippen molar-refractivity contribution in [2.75, 3.05) is 19.8 Å². The third-order valence-corrected chi connectivity index (χ3v) is 4.17. The standard InChI is InChI=1S/C15H29NO4/c1-4-20-13(18)12-5-7-15(19,8-6-12)11-16-14(2,3)9-10-17/h12,16-17,19H,4-11H2,1-3H3. The summed E-state index contributed by atoms with van der Waals surface area (Å²) in [5.41, 5.74) is -0.946. The SMILES string of the molecule is CCOC(=O)C1CCC(O)(CNC(C)(C)CCO)CC1. The molecule has 0 aliphatic heterocycles. The maximum absolute atomic E-state index is 11.7. The normalized spacial score (nSPS) is 27.4. The van der Waals surface area contributed by atoms with Crippen LogP contribution in [0.2, 0.25) is 0 Å². The Kier molecular flexibility index (Phi) is 6.43. The van der Waals surface area contributed by atoms with Crippen molar-refractivity contribution >= 4 is 5.97 Å². The second-order valence-electron chi connectivity index (χ2n) is 6.46. The zero-order chi connectivity index (χ0) is 15.2. The summed E-state index contributed by atoms with van der Waals surface area (Å²) in [5.74, 6) is -0.205. The van der Waals surface area contributed by atoms with E-state index in [1.165, 1.54) is 0 Å². The van der Waals surface area contributed by atoms with Crippen LogP contribution in [0.4, 0.5) is 0 Å². The number of aliphatic hydroxyl groups excluding tert-OH is 1. The molecule has 0 spiro atoms. The van der Waals surface area contributed by atoms with Gasteiger partial charge in [-0.2, -0.15) is 0 Å². The molecule has 0 radical (unpaired) electrons. The molecule has 0 bridgehead atoms. The maximum atomic E-state index is 11.7. The van der Waals surface area contributed by atoms with Gasteiger partial charge in [0.25, 0.3) is 0 Å². The number of carbonyl (C=O) groups is 1. The molecule has 1 fully saturated rings. The Bertz CT molecular complexity index is 309. The van der Waals surface area contributed by atoms with E-state index in [9.17, 15) is 9.90 Å². The third kappa shape index (κ3) is 5.38. The molecule has 3 N–H and O–H groups in total. The van der Waals surface area contributed by atoms with Gasteiger partial charge in [0, 0.05) is 18.7 Å². The van der Waals surface area contributed by atoms with E-state index in [0.29, 0.717) is 45.3 Å². The molecule has 1 aliphatic carbocycles. The molecule has 0 atom stereocenters. The quantitative estimate of drug-likeness (QED) is 0.614. The number of hydrogen-bond acceptors (Lipinski definition) is 5. The first kappa shape index (κ1) is 17.4. The minimum atomic E-state index is -0.754. The highest BCUT2D eigenvalue weighted by atomic mass is 16.5. The Morgan fingerprint density at radius 1 is 1.40 bits per heavy atom. The fourth-order valence-electron chi connectivity index (χ4n) is 2.60. The molecule has 118 valence electrons. The van der Waals surface area contributed by atoms with E-state index in [2.05, 4.69) is 5.32 Å². The first-order chi connectivity index (χ1) is 9.32. The van der Waals surface area contributed by atoms with Gasteiger partial charge < -0.3 is 20.3 Å². The second-order valence-corrected chi connectivity index (χ2v) is 6.46. The highest BCUT2D eigenvalue weighted by Gasteiger charge is 2.37. The first-order valence-electron chi connectivity index (χ1n) is 7.57. The molecule has 0 saturated heterocycles. The fourth-order valence-corrected chi connectivity index (χ4v) is 2.60. The number of esters is 1. The molecule has 0 heterocycles. The van der Waals surface area contributed by atoms with Gasteiger partial charge in [-0.1, -0.05) is 0 Å². The highest BCUT2D eigenvalue weighted by Crippen LogP contribution is 2.32. The molecule has 5 nitrogen and oxygen atoms in total. The van der Waals surface area contributed by atoms with Crippen LogP contribution in [0.5, 0.6) is 0 Å².